The second-order valence-electron chi connectivity index (χ2n) is 9.77. The average molecular weight is 462 g/mol. The lowest BCUT2D eigenvalue weighted by atomic mass is 9.97. The molecule has 9 heteroatoms. The number of carbonyl (C=O) groups excluding carboxylic acids is 1. The fraction of sp³-hybridized carbons (Fsp3) is 0.708. The van der Waals surface area contributed by atoms with Gasteiger partial charge in [-0.05, 0) is 38.2 Å². The molecule has 1 amide bonds. The Hall–Kier alpha value is -2.39. The summed E-state index contributed by atoms with van der Waals surface area (Å²) < 4.78 is 11.4. The summed E-state index contributed by atoms with van der Waals surface area (Å²) in [5.41, 5.74) is -0.889. The molecule has 9 nitrogen and oxygen atoms in total. The van der Waals surface area contributed by atoms with Crippen LogP contribution in [0.3, 0.4) is 0 Å². The van der Waals surface area contributed by atoms with Crippen molar-refractivity contribution in [1.82, 2.24) is 10.2 Å². The van der Waals surface area contributed by atoms with Gasteiger partial charge in [-0.1, -0.05) is 25.7 Å². The second-order valence-corrected chi connectivity index (χ2v) is 9.77. The first kappa shape index (κ1) is 25.2. The third-order valence-electron chi connectivity index (χ3n) is 6.20. The Bertz CT molecular complexity index is 774. The highest BCUT2D eigenvalue weighted by Gasteiger charge is 2.33. The minimum absolute atomic E-state index is 0.0288. The van der Waals surface area contributed by atoms with Crippen LogP contribution < -0.4 is 10.4 Å². The molecule has 1 aliphatic carbocycles. The van der Waals surface area contributed by atoms with Crippen LogP contribution in [0.4, 0.5) is 0 Å². The highest BCUT2D eigenvalue weighted by molar-refractivity contribution is 6.01. The molecule has 0 aromatic rings. The zero-order valence-electron chi connectivity index (χ0n) is 19.7. The topological polar surface area (TPSA) is 130 Å². The Morgan fingerprint density at radius 3 is 2.76 bits per heavy atom. The fourth-order valence-electron chi connectivity index (χ4n) is 4.46. The quantitative estimate of drug-likeness (QED) is 0.334. The maximum absolute atomic E-state index is 13.1. The average Bonchev–Trinajstić information content (AvgIpc) is 3.39. The summed E-state index contributed by atoms with van der Waals surface area (Å²) in [5, 5.41) is 33.7. The first-order chi connectivity index (χ1) is 15.7. The third-order valence-corrected chi connectivity index (χ3v) is 6.20. The van der Waals surface area contributed by atoms with Gasteiger partial charge in [-0.3, -0.25) is 10.2 Å². The number of nitrogens with one attached hydrogen (secondary N) is 2. The van der Waals surface area contributed by atoms with Crippen molar-refractivity contribution in [2.45, 2.75) is 76.5 Å². The smallest absolute Gasteiger partial charge is 0.250 e. The van der Waals surface area contributed by atoms with Crippen LogP contribution in [0.2, 0.25) is 0 Å². The Balaban J connectivity index is 1.64. The molecule has 3 N–H and O–H groups in total. The van der Waals surface area contributed by atoms with E-state index < -0.39 is 17.5 Å². The number of amidine groups is 1. The van der Waals surface area contributed by atoms with Crippen LogP contribution in [0.5, 0.6) is 0 Å². The molecule has 2 fully saturated rings. The van der Waals surface area contributed by atoms with Crippen LogP contribution in [-0.4, -0.2) is 71.7 Å². The SMILES string of the molecule is CC(C)(O)CN/C=C\C(=N)N=C([O-])[C@H](CC1CCCC1)N1CC(OC2CCOCC2)=CC1=O. The fourth-order valence-corrected chi connectivity index (χ4v) is 4.46. The second kappa shape index (κ2) is 11.7. The van der Waals surface area contributed by atoms with Gasteiger partial charge in [0.25, 0.3) is 5.91 Å². The third kappa shape index (κ3) is 8.16. The van der Waals surface area contributed by atoms with E-state index in [0.29, 0.717) is 37.9 Å². The number of hydrogen-bond acceptors (Lipinski definition) is 7. The van der Waals surface area contributed by atoms with Gasteiger partial charge in [0.05, 0.1) is 31.4 Å². The van der Waals surface area contributed by atoms with E-state index in [1.807, 2.05) is 0 Å². The number of hydrogen-bond donors (Lipinski definition) is 3. The molecule has 0 bridgehead atoms. The zero-order chi connectivity index (χ0) is 23.8. The molecule has 0 aromatic heterocycles. The Labute approximate surface area is 196 Å². The van der Waals surface area contributed by atoms with Crippen molar-refractivity contribution in [2.75, 3.05) is 26.3 Å². The van der Waals surface area contributed by atoms with Crippen LogP contribution in [0.25, 0.3) is 0 Å². The first-order valence-corrected chi connectivity index (χ1v) is 11.9. The highest BCUT2D eigenvalue weighted by atomic mass is 16.5. The van der Waals surface area contributed by atoms with Crippen molar-refractivity contribution in [3.63, 3.8) is 0 Å². The molecule has 1 atom stereocenters. The summed E-state index contributed by atoms with van der Waals surface area (Å²) >= 11 is 0. The summed E-state index contributed by atoms with van der Waals surface area (Å²) in [6.07, 6.45) is 10.9. The number of rotatable bonds is 10. The van der Waals surface area contributed by atoms with E-state index in [4.69, 9.17) is 14.9 Å². The van der Waals surface area contributed by atoms with E-state index in [1.54, 1.807) is 18.7 Å². The number of carbonyl (C=O) groups is 1. The van der Waals surface area contributed by atoms with Gasteiger partial charge in [-0.15, -0.1) is 0 Å². The summed E-state index contributed by atoms with van der Waals surface area (Å²) in [7, 11) is 0. The number of nitrogens with zero attached hydrogens (tertiary/aromatic N) is 2. The maximum Gasteiger partial charge on any atom is 0.250 e. The summed E-state index contributed by atoms with van der Waals surface area (Å²) in [6, 6.07) is -0.703. The Morgan fingerprint density at radius 1 is 1.39 bits per heavy atom. The van der Waals surface area contributed by atoms with E-state index in [1.165, 1.54) is 18.4 Å². The van der Waals surface area contributed by atoms with Gasteiger partial charge < -0.3 is 29.9 Å². The lowest BCUT2D eigenvalue weighted by molar-refractivity contribution is -0.224. The number of aliphatic imine (C=N–C) groups is 1. The lowest BCUT2D eigenvalue weighted by Gasteiger charge is -2.34. The van der Waals surface area contributed by atoms with Crippen molar-refractivity contribution in [2.24, 2.45) is 10.9 Å². The monoisotopic (exact) mass is 461 g/mol. The van der Waals surface area contributed by atoms with Crippen molar-refractivity contribution in [3.05, 3.63) is 24.1 Å². The summed E-state index contributed by atoms with van der Waals surface area (Å²) in [6.45, 7) is 5.20. The first-order valence-electron chi connectivity index (χ1n) is 11.9. The van der Waals surface area contributed by atoms with E-state index in [9.17, 15) is 15.0 Å². The molecule has 2 aliphatic heterocycles. The zero-order valence-corrected chi connectivity index (χ0v) is 19.7. The van der Waals surface area contributed by atoms with Gasteiger partial charge in [-0.2, -0.15) is 0 Å². The highest BCUT2D eigenvalue weighted by Crippen LogP contribution is 2.31. The minimum atomic E-state index is -0.889. The van der Waals surface area contributed by atoms with E-state index in [-0.39, 0.29) is 24.4 Å². The molecule has 3 aliphatic rings. The molecule has 0 radical (unpaired) electrons. The number of amides is 1. The maximum atomic E-state index is 13.1. The van der Waals surface area contributed by atoms with Gasteiger partial charge >= 0.3 is 0 Å². The van der Waals surface area contributed by atoms with Gasteiger partial charge in [-0.25, -0.2) is 4.99 Å². The molecule has 2 heterocycles. The standard InChI is InChI=1S/C24H38N4O5/c1-24(2,31)16-26-10-7-21(25)27-23(30)20(13-17-5-3-4-6-17)28-15-19(14-22(28)29)33-18-8-11-32-12-9-18/h7,10,14,17-18,20,26,31H,3-6,8-9,11-13,15-16H2,1-2H3,(H2,25,27,30)/p-1/b10-7-/t20-/m0/s1. The molecule has 33 heavy (non-hydrogen) atoms. The molecular weight excluding hydrogens is 424 g/mol. The molecule has 1 saturated heterocycles. The van der Waals surface area contributed by atoms with Crippen molar-refractivity contribution in [3.8, 4) is 0 Å². The predicted molar refractivity (Wildman–Crippen MR) is 124 cm³/mol. The molecule has 0 unspecified atom stereocenters. The molecule has 0 spiro atoms. The Morgan fingerprint density at radius 2 is 2.09 bits per heavy atom. The van der Waals surface area contributed by atoms with Crippen LogP contribution in [0, 0.1) is 11.3 Å². The molecule has 184 valence electrons. The van der Waals surface area contributed by atoms with Gasteiger partial charge in [0.1, 0.15) is 17.7 Å². The van der Waals surface area contributed by atoms with Crippen molar-refractivity contribution < 1.29 is 24.5 Å². The minimum Gasteiger partial charge on any atom is -0.860 e. The van der Waals surface area contributed by atoms with E-state index >= 15 is 0 Å². The number of aliphatic hydroxyl groups is 1. The van der Waals surface area contributed by atoms with Crippen molar-refractivity contribution >= 4 is 17.6 Å². The molecule has 0 aromatic carbocycles. The van der Waals surface area contributed by atoms with Crippen LogP contribution in [0.15, 0.2) is 29.1 Å². The van der Waals surface area contributed by atoms with Crippen LogP contribution >= 0.6 is 0 Å². The normalized spacial score (nSPS) is 22.2. The lowest BCUT2D eigenvalue weighted by Crippen LogP contribution is -2.49. The molecule has 3 rings (SSSR count). The summed E-state index contributed by atoms with van der Waals surface area (Å²) in [5.74, 6) is 0.0473. The van der Waals surface area contributed by atoms with Crippen LogP contribution in [-0.2, 0) is 14.3 Å². The van der Waals surface area contributed by atoms with Gasteiger partial charge in [0, 0.05) is 31.7 Å². The van der Waals surface area contributed by atoms with Crippen molar-refractivity contribution in [1.29, 1.82) is 5.41 Å². The van der Waals surface area contributed by atoms with E-state index in [2.05, 4.69) is 10.3 Å². The van der Waals surface area contributed by atoms with Gasteiger partial charge in [0.15, 0.2) is 0 Å². The summed E-state index contributed by atoms with van der Waals surface area (Å²) in [4.78, 5) is 18.3. The molecule has 1 saturated carbocycles. The van der Waals surface area contributed by atoms with Gasteiger partial charge in [0.2, 0.25) is 0 Å². The Kier molecular flexibility index (Phi) is 8.91. The largest absolute Gasteiger partial charge is 0.860 e. The number of ether oxygens (including phenoxy) is 2. The van der Waals surface area contributed by atoms with E-state index in [0.717, 1.165) is 38.5 Å². The molecular formula is C24H37N4O5-. The predicted octanol–water partition coefficient (Wildman–Crippen LogP) is 1.47. The van der Waals surface area contributed by atoms with Crippen LogP contribution in [0.1, 0.15) is 58.8 Å².